The molecule has 0 aliphatic carbocycles. The van der Waals surface area contributed by atoms with Crippen molar-refractivity contribution >= 4 is 17.5 Å². The molecule has 0 N–H and O–H groups in total. The summed E-state index contributed by atoms with van der Waals surface area (Å²) in [6.45, 7) is 0. The molecule has 2 aromatic carbocycles. The number of ether oxygens (including phenoxy) is 1. The van der Waals surface area contributed by atoms with E-state index in [4.69, 9.17) is 0 Å². The summed E-state index contributed by atoms with van der Waals surface area (Å²) in [5.74, 6) is -1.08. The molecule has 0 unspecified atom stereocenters. The van der Waals surface area contributed by atoms with Crippen LogP contribution >= 0.6 is 0 Å². The van der Waals surface area contributed by atoms with Gasteiger partial charge >= 0.3 is 11.7 Å². The molecule has 0 aromatic heterocycles. The Morgan fingerprint density at radius 1 is 0.952 bits per heavy atom. The molecule has 5 heteroatoms. The summed E-state index contributed by atoms with van der Waals surface area (Å²) in [6, 6.07) is 14.7. The molecule has 0 amide bonds. The van der Waals surface area contributed by atoms with Crippen molar-refractivity contribution in [2.24, 2.45) is 0 Å². The molecule has 0 bridgehead atoms. The number of ketones is 1. The number of rotatable bonds is 4. The molecule has 5 nitrogen and oxygen atoms in total. The molecular weight excluding hydrogens is 268 g/mol. The third kappa shape index (κ3) is 2.94. The standard InChI is InChI=1S/C16H12N2O3/c1-21-16(20)13-10-6-5-9-12(13)14(18-17)15(19)11-7-3-2-4-8-11/h2-10H,1H3. The van der Waals surface area contributed by atoms with Crippen molar-refractivity contribution in [2.45, 2.75) is 0 Å². The van der Waals surface area contributed by atoms with E-state index in [9.17, 15) is 15.1 Å². The molecule has 104 valence electrons. The van der Waals surface area contributed by atoms with E-state index in [0.717, 1.165) is 0 Å². The summed E-state index contributed by atoms with van der Waals surface area (Å²) < 4.78 is 4.67. The summed E-state index contributed by atoms with van der Waals surface area (Å²) in [5.41, 5.74) is 9.75. The normalized spacial score (nSPS) is 9.57. The Morgan fingerprint density at radius 3 is 2.10 bits per heavy atom. The third-order valence-electron chi connectivity index (χ3n) is 2.94. The molecule has 0 radical (unpaired) electrons. The Morgan fingerprint density at radius 2 is 1.52 bits per heavy atom. The van der Waals surface area contributed by atoms with E-state index in [2.05, 4.69) is 9.53 Å². The molecule has 0 spiro atoms. The minimum atomic E-state index is -0.604. The van der Waals surface area contributed by atoms with Crippen LogP contribution in [0, 0.1) is 0 Å². The quantitative estimate of drug-likeness (QED) is 0.283. The average Bonchev–Trinajstić information content (AvgIpc) is 2.56. The third-order valence-corrected chi connectivity index (χ3v) is 2.94. The number of esters is 1. The van der Waals surface area contributed by atoms with E-state index in [1.54, 1.807) is 42.5 Å². The van der Waals surface area contributed by atoms with Crippen molar-refractivity contribution in [3.05, 3.63) is 76.8 Å². The van der Waals surface area contributed by atoms with Crippen LogP contribution in [0.5, 0.6) is 0 Å². The topological polar surface area (TPSA) is 79.8 Å². The number of Topliss-reactive ketones (excluding diaryl/α,β-unsaturated/α-hetero) is 1. The molecule has 21 heavy (non-hydrogen) atoms. The number of hydrogen-bond donors (Lipinski definition) is 0. The van der Waals surface area contributed by atoms with E-state index < -0.39 is 11.8 Å². The lowest BCUT2D eigenvalue weighted by Crippen LogP contribution is -2.20. The zero-order valence-corrected chi connectivity index (χ0v) is 11.3. The van der Waals surface area contributed by atoms with Gasteiger partial charge in [0, 0.05) is 5.56 Å². The number of methoxy groups -OCH3 is 1. The Bertz CT molecular complexity index is 732. The molecule has 2 aromatic rings. The predicted molar refractivity (Wildman–Crippen MR) is 76.3 cm³/mol. The van der Waals surface area contributed by atoms with Gasteiger partial charge in [-0.3, -0.25) is 4.79 Å². The van der Waals surface area contributed by atoms with Gasteiger partial charge in [0.15, 0.2) is 0 Å². The summed E-state index contributed by atoms with van der Waals surface area (Å²) in [5, 5.41) is 0. The highest BCUT2D eigenvalue weighted by atomic mass is 16.5. The van der Waals surface area contributed by atoms with Gasteiger partial charge in [0.1, 0.15) is 0 Å². The first-order valence-corrected chi connectivity index (χ1v) is 6.18. The van der Waals surface area contributed by atoms with Crippen LogP contribution in [-0.2, 0) is 4.74 Å². The minimum absolute atomic E-state index is 0.164. The maximum Gasteiger partial charge on any atom is 0.370 e. The lowest BCUT2D eigenvalue weighted by Gasteiger charge is -2.04. The van der Waals surface area contributed by atoms with Gasteiger partial charge in [-0.1, -0.05) is 42.5 Å². The van der Waals surface area contributed by atoms with Crippen molar-refractivity contribution in [1.82, 2.24) is 0 Å². The molecule has 0 aliphatic heterocycles. The Kier molecular flexibility index (Phi) is 4.39. The Hall–Kier alpha value is -3.04. The van der Waals surface area contributed by atoms with Gasteiger partial charge in [-0.05, 0) is 12.1 Å². The van der Waals surface area contributed by atoms with E-state index in [1.165, 1.54) is 19.2 Å². The molecule has 0 fully saturated rings. The zero-order chi connectivity index (χ0) is 15.2. The maximum atomic E-state index is 12.4. The van der Waals surface area contributed by atoms with Crippen molar-refractivity contribution in [3.8, 4) is 0 Å². The van der Waals surface area contributed by atoms with Crippen LogP contribution in [0.3, 0.4) is 0 Å². The first-order chi connectivity index (χ1) is 10.2. The van der Waals surface area contributed by atoms with Crippen LogP contribution in [0.1, 0.15) is 26.3 Å². The van der Waals surface area contributed by atoms with E-state index in [1.807, 2.05) is 0 Å². The van der Waals surface area contributed by atoms with E-state index in [-0.39, 0.29) is 16.8 Å². The second-order valence-electron chi connectivity index (χ2n) is 4.18. The van der Waals surface area contributed by atoms with Crippen molar-refractivity contribution in [2.75, 3.05) is 7.11 Å². The summed E-state index contributed by atoms with van der Waals surface area (Å²) >= 11 is 0. The smallest absolute Gasteiger partial charge is 0.370 e. The van der Waals surface area contributed by atoms with Crippen LogP contribution in [-0.4, -0.2) is 29.4 Å². The van der Waals surface area contributed by atoms with Gasteiger partial charge in [-0.25, -0.2) is 4.79 Å². The molecule has 0 atom stereocenters. The van der Waals surface area contributed by atoms with Gasteiger partial charge in [0.2, 0.25) is 0 Å². The summed E-state index contributed by atoms with van der Waals surface area (Å²) in [6.07, 6.45) is 0. The van der Waals surface area contributed by atoms with Gasteiger partial charge in [0.05, 0.1) is 18.2 Å². The van der Waals surface area contributed by atoms with Crippen molar-refractivity contribution in [3.63, 3.8) is 0 Å². The van der Waals surface area contributed by atoms with Gasteiger partial charge in [-0.15, -0.1) is 0 Å². The molecule has 2 rings (SSSR count). The molecule has 0 heterocycles. The van der Waals surface area contributed by atoms with E-state index >= 15 is 0 Å². The van der Waals surface area contributed by atoms with Crippen LogP contribution in [0.25, 0.3) is 5.53 Å². The predicted octanol–water partition coefficient (Wildman–Crippen LogP) is 2.38. The maximum absolute atomic E-state index is 12.4. The number of nitrogens with zero attached hydrogens (tertiary/aromatic N) is 2. The zero-order valence-electron chi connectivity index (χ0n) is 11.3. The van der Waals surface area contributed by atoms with Crippen LogP contribution < -0.4 is 0 Å². The minimum Gasteiger partial charge on any atom is -0.465 e. The number of carbonyl (C=O) groups excluding carboxylic acids is 2. The van der Waals surface area contributed by atoms with Crippen LogP contribution in [0.4, 0.5) is 0 Å². The van der Waals surface area contributed by atoms with Gasteiger partial charge < -0.3 is 10.3 Å². The van der Waals surface area contributed by atoms with E-state index in [0.29, 0.717) is 5.56 Å². The van der Waals surface area contributed by atoms with Crippen molar-refractivity contribution < 1.29 is 19.1 Å². The first kappa shape index (κ1) is 14.4. The first-order valence-electron chi connectivity index (χ1n) is 6.18. The average molecular weight is 280 g/mol. The SMILES string of the molecule is COC(=O)c1ccccc1C(=[N+]=[N-])C(=O)c1ccccc1. The monoisotopic (exact) mass is 280 g/mol. The highest BCUT2D eigenvalue weighted by Crippen LogP contribution is 2.13. The summed E-state index contributed by atoms with van der Waals surface area (Å²) in [7, 11) is 1.24. The fourth-order valence-corrected chi connectivity index (χ4v) is 1.93. The fraction of sp³-hybridized carbons (Fsp3) is 0.0625. The highest BCUT2D eigenvalue weighted by Gasteiger charge is 2.28. The number of benzene rings is 2. The van der Waals surface area contributed by atoms with Crippen LogP contribution in [0.2, 0.25) is 0 Å². The number of carbonyl (C=O) groups is 2. The second-order valence-corrected chi connectivity index (χ2v) is 4.18. The Labute approximate surface area is 121 Å². The molecule has 0 aliphatic rings. The lowest BCUT2D eigenvalue weighted by molar-refractivity contribution is -0.00512. The van der Waals surface area contributed by atoms with Gasteiger partial charge in [-0.2, -0.15) is 4.79 Å². The largest absolute Gasteiger partial charge is 0.465 e. The molecule has 0 saturated carbocycles. The van der Waals surface area contributed by atoms with Crippen LogP contribution in [0.15, 0.2) is 54.6 Å². The van der Waals surface area contributed by atoms with Gasteiger partial charge in [0.25, 0.3) is 5.78 Å². The summed E-state index contributed by atoms with van der Waals surface area (Å²) in [4.78, 5) is 27.2. The lowest BCUT2D eigenvalue weighted by atomic mass is 9.97. The fourth-order valence-electron chi connectivity index (χ4n) is 1.93. The second kappa shape index (κ2) is 6.41. The molecule has 0 saturated heterocycles. The Balaban J connectivity index is 2.52. The number of hydrogen-bond acceptors (Lipinski definition) is 3. The van der Waals surface area contributed by atoms with Crippen molar-refractivity contribution in [1.29, 1.82) is 0 Å². The molecular formula is C16H12N2O3. The highest BCUT2D eigenvalue weighted by molar-refractivity contribution is 6.50.